The molecule has 18 heavy (non-hydrogen) atoms. The molecule has 100 valence electrons. The average Bonchev–Trinajstić information content (AvgIpc) is 2.40. The van der Waals surface area contributed by atoms with Gasteiger partial charge in [0.1, 0.15) is 0 Å². The van der Waals surface area contributed by atoms with E-state index in [1.807, 2.05) is 13.8 Å². The van der Waals surface area contributed by atoms with Gasteiger partial charge >= 0.3 is 0 Å². The van der Waals surface area contributed by atoms with Crippen LogP contribution < -0.4 is 16.4 Å². The fourth-order valence-electron chi connectivity index (χ4n) is 1.53. The highest BCUT2D eigenvalue weighted by Crippen LogP contribution is 2.25. The number of carbonyl (C=O) groups is 1. The van der Waals surface area contributed by atoms with Gasteiger partial charge in [-0.1, -0.05) is 6.92 Å². The molecule has 0 radical (unpaired) electrons. The van der Waals surface area contributed by atoms with E-state index in [0.29, 0.717) is 11.3 Å². The molecule has 0 aliphatic carbocycles. The Morgan fingerprint density at radius 3 is 2.61 bits per heavy atom. The smallest absolute Gasteiger partial charge is 0.251 e. The molecule has 0 aromatic heterocycles. The molecular formula is C13H21N3O2. The van der Waals surface area contributed by atoms with Gasteiger partial charge in [-0.15, -0.1) is 0 Å². The van der Waals surface area contributed by atoms with Gasteiger partial charge < -0.3 is 21.5 Å². The van der Waals surface area contributed by atoms with Gasteiger partial charge in [0.05, 0.1) is 23.5 Å². The molecule has 0 heterocycles. The average molecular weight is 251 g/mol. The molecule has 0 aliphatic rings. The van der Waals surface area contributed by atoms with Crippen LogP contribution in [0.5, 0.6) is 0 Å². The number of nitrogens with one attached hydrogen (secondary N) is 2. The standard InChI is InChI=1S/C13H21N3O2/c1-4-13(2,8-17)16-11-6-5-9(7-10(11)14)12(18)15-3/h5-7,16-17H,4,8,14H2,1-3H3,(H,15,18). The van der Waals surface area contributed by atoms with Gasteiger partial charge in [0, 0.05) is 12.6 Å². The van der Waals surface area contributed by atoms with E-state index in [2.05, 4.69) is 10.6 Å². The molecule has 0 aliphatic heterocycles. The molecule has 1 atom stereocenters. The summed E-state index contributed by atoms with van der Waals surface area (Å²) in [6, 6.07) is 5.07. The van der Waals surface area contributed by atoms with Crippen LogP contribution >= 0.6 is 0 Å². The van der Waals surface area contributed by atoms with Crippen LogP contribution in [0.2, 0.25) is 0 Å². The molecule has 1 aromatic rings. The van der Waals surface area contributed by atoms with Gasteiger partial charge in [-0.25, -0.2) is 0 Å². The van der Waals surface area contributed by atoms with E-state index in [1.54, 1.807) is 25.2 Å². The van der Waals surface area contributed by atoms with Crippen LogP contribution in [-0.2, 0) is 0 Å². The lowest BCUT2D eigenvalue weighted by Gasteiger charge is -2.29. The number of benzene rings is 1. The number of rotatable bonds is 5. The number of carbonyl (C=O) groups excluding carboxylic acids is 1. The summed E-state index contributed by atoms with van der Waals surface area (Å²) in [5.74, 6) is -0.173. The monoisotopic (exact) mass is 251 g/mol. The molecule has 5 heteroatoms. The van der Waals surface area contributed by atoms with E-state index in [4.69, 9.17) is 5.73 Å². The fraction of sp³-hybridized carbons (Fsp3) is 0.462. The summed E-state index contributed by atoms with van der Waals surface area (Å²) in [5, 5.41) is 15.1. The summed E-state index contributed by atoms with van der Waals surface area (Å²) in [5.41, 5.74) is 7.22. The third-order valence-electron chi connectivity index (χ3n) is 3.11. The first kappa shape index (κ1) is 14.3. The maximum Gasteiger partial charge on any atom is 0.251 e. The second-order valence-corrected chi connectivity index (χ2v) is 4.58. The topological polar surface area (TPSA) is 87.4 Å². The van der Waals surface area contributed by atoms with Gasteiger partial charge in [0.15, 0.2) is 0 Å². The lowest BCUT2D eigenvalue weighted by molar-refractivity contribution is 0.0963. The quantitative estimate of drug-likeness (QED) is 0.592. The van der Waals surface area contributed by atoms with Crippen molar-refractivity contribution in [3.8, 4) is 0 Å². The summed E-state index contributed by atoms with van der Waals surface area (Å²) in [6.07, 6.45) is 0.764. The molecule has 1 rings (SSSR count). The van der Waals surface area contributed by atoms with Crippen molar-refractivity contribution in [3.05, 3.63) is 23.8 Å². The van der Waals surface area contributed by atoms with Gasteiger partial charge in [-0.05, 0) is 31.5 Å². The van der Waals surface area contributed by atoms with E-state index >= 15 is 0 Å². The third kappa shape index (κ3) is 3.13. The highest BCUT2D eigenvalue weighted by Gasteiger charge is 2.21. The Balaban J connectivity index is 2.96. The largest absolute Gasteiger partial charge is 0.397 e. The van der Waals surface area contributed by atoms with Gasteiger partial charge in [-0.2, -0.15) is 0 Å². The maximum atomic E-state index is 11.4. The minimum absolute atomic E-state index is 0.0140. The summed E-state index contributed by atoms with van der Waals surface area (Å²) in [4.78, 5) is 11.4. The normalized spacial score (nSPS) is 13.8. The van der Waals surface area contributed by atoms with Crippen LogP contribution in [0.1, 0.15) is 30.6 Å². The molecular weight excluding hydrogens is 230 g/mol. The van der Waals surface area contributed by atoms with Crippen LogP contribution in [0.4, 0.5) is 11.4 Å². The van der Waals surface area contributed by atoms with E-state index in [0.717, 1.165) is 12.1 Å². The molecule has 0 fully saturated rings. The number of aliphatic hydroxyl groups excluding tert-OH is 1. The molecule has 0 saturated carbocycles. The number of hydrogen-bond donors (Lipinski definition) is 4. The van der Waals surface area contributed by atoms with Crippen molar-refractivity contribution in [1.29, 1.82) is 0 Å². The van der Waals surface area contributed by atoms with Gasteiger partial charge in [0.25, 0.3) is 5.91 Å². The van der Waals surface area contributed by atoms with Crippen molar-refractivity contribution in [2.75, 3.05) is 24.7 Å². The van der Waals surface area contributed by atoms with E-state index in [9.17, 15) is 9.90 Å². The second-order valence-electron chi connectivity index (χ2n) is 4.58. The zero-order valence-corrected chi connectivity index (χ0v) is 11.1. The number of amides is 1. The Hall–Kier alpha value is -1.75. The second kappa shape index (κ2) is 5.73. The summed E-state index contributed by atoms with van der Waals surface area (Å²) in [7, 11) is 1.57. The predicted octanol–water partition coefficient (Wildman–Crippen LogP) is 1.20. The Kier molecular flexibility index (Phi) is 4.55. The van der Waals surface area contributed by atoms with Gasteiger partial charge in [-0.3, -0.25) is 4.79 Å². The minimum Gasteiger partial charge on any atom is -0.397 e. The van der Waals surface area contributed by atoms with Gasteiger partial charge in [0.2, 0.25) is 0 Å². The zero-order valence-electron chi connectivity index (χ0n) is 11.1. The van der Waals surface area contributed by atoms with Crippen molar-refractivity contribution in [3.63, 3.8) is 0 Å². The lowest BCUT2D eigenvalue weighted by Crippen LogP contribution is -2.38. The first-order chi connectivity index (χ1) is 8.45. The Bertz CT molecular complexity index is 428. The Labute approximate surface area is 107 Å². The van der Waals surface area contributed by atoms with Crippen molar-refractivity contribution in [1.82, 2.24) is 5.32 Å². The number of nitrogen functional groups attached to an aromatic ring is 1. The SMILES string of the molecule is CCC(C)(CO)Nc1ccc(C(=O)NC)cc1N. The molecule has 1 aromatic carbocycles. The van der Waals surface area contributed by atoms with Crippen molar-refractivity contribution < 1.29 is 9.90 Å². The fourth-order valence-corrected chi connectivity index (χ4v) is 1.53. The molecule has 0 spiro atoms. The predicted molar refractivity (Wildman–Crippen MR) is 73.6 cm³/mol. The third-order valence-corrected chi connectivity index (χ3v) is 3.11. The molecule has 5 N–H and O–H groups in total. The Morgan fingerprint density at radius 1 is 1.50 bits per heavy atom. The molecule has 0 bridgehead atoms. The van der Waals surface area contributed by atoms with Crippen molar-refractivity contribution >= 4 is 17.3 Å². The zero-order chi connectivity index (χ0) is 13.8. The molecule has 5 nitrogen and oxygen atoms in total. The van der Waals surface area contributed by atoms with E-state index in [-0.39, 0.29) is 12.5 Å². The summed E-state index contributed by atoms with van der Waals surface area (Å²) in [6.45, 7) is 3.91. The number of hydrogen-bond acceptors (Lipinski definition) is 4. The number of nitrogens with two attached hydrogens (primary N) is 1. The molecule has 1 unspecified atom stereocenters. The minimum atomic E-state index is -0.414. The van der Waals surface area contributed by atoms with Crippen LogP contribution in [0, 0.1) is 0 Å². The van der Waals surface area contributed by atoms with E-state index in [1.165, 1.54) is 0 Å². The summed E-state index contributed by atoms with van der Waals surface area (Å²) >= 11 is 0. The maximum absolute atomic E-state index is 11.4. The lowest BCUT2D eigenvalue weighted by atomic mass is 9.99. The Morgan fingerprint density at radius 2 is 2.17 bits per heavy atom. The molecule has 1 amide bonds. The highest BCUT2D eigenvalue weighted by atomic mass is 16.3. The number of aliphatic hydroxyl groups is 1. The van der Waals surface area contributed by atoms with Crippen LogP contribution in [0.3, 0.4) is 0 Å². The van der Waals surface area contributed by atoms with Crippen LogP contribution in [0.15, 0.2) is 18.2 Å². The van der Waals surface area contributed by atoms with E-state index < -0.39 is 5.54 Å². The first-order valence-corrected chi connectivity index (χ1v) is 5.96. The first-order valence-electron chi connectivity index (χ1n) is 5.96. The molecule has 0 saturated heterocycles. The highest BCUT2D eigenvalue weighted by molar-refractivity contribution is 5.95. The van der Waals surface area contributed by atoms with Crippen molar-refractivity contribution in [2.24, 2.45) is 0 Å². The van der Waals surface area contributed by atoms with Crippen molar-refractivity contribution in [2.45, 2.75) is 25.8 Å². The van der Waals surface area contributed by atoms with Crippen LogP contribution in [0.25, 0.3) is 0 Å². The van der Waals surface area contributed by atoms with Crippen LogP contribution in [-0.4, -0.2) is 30.2 Å². The summed E-state index contributed by atoms with van der Waals surface area (Å²) < 4.78 is 0. The number of anilines is 2.